The number of unbranched alkanes of at least 4 members (excludes halogenated alkanes) is 4. The van der Waals surface area contributed by atoms with E-state index in [0.29, 0.717) is 16.8 Å². The van der Waals surface area contributed by atoms with Gasteiger partial charge in [0.15, 0.2) is 5.75 Å². The third-order valence-electron chi connectivity index (χ3n) is 2.43. The van der Waals surface area contributed by atoms with Crippen LogP contribution in [0.5, 0.6) is 5.75 Å². The van der Waals surface area contributed by atoms with Crippen molar-refractivity contribution in [1.29, 1.82) is 0 Å². The van der Waals surface area contributed by atoms with Gasteiger partial charge in [-0.3, -0.25) is 4.79 Å². The molecule has 1 heterocycles. The van der Waals surface area contributed by atoms with Gasteiger partial charge < -0.3 is 4.74 Å². The molecule has 0 aromatic carbocycles. The number of hydrogen-bond acceptors (Lipinski definition) is 3. The van der Waals surface area contributed by atoms with Crippen LogP contribution in [0.2, 0.25) is 0 Å². The summed E-state index contributed by atoms with van der Waals surface area (Å²) in [4.78, 5) is 15.5. The van der Waals surface area contributed by atoms with Crippen LogP contribution in [0.4, 0.5) is 0 Å². The fourth-order valence-electron chi connectivity index (χ4n) is 1.49. The van der Waals surface area contributed by atoms with Gasteiger partial charge in [0.25, 0.3) is 0 Å². The normalized spacial score (nSPS) is 10.2. The number of esters is 1. The van der Waals surface area contributed by atoms with Crippen molar-refractivity contribution < 1.29 is 9.53 Å². The van der Waals surface area contributed by atoms with Crippen LogP contribution in [-0.4, -0.2) is 11.0 Å². The average Bonchev–Trinajstić information content (AvgIpc) is 2.32. The van der Waals surface area contributed by atoms with Gasteiger partial charge in [-0.1, -0.05) is 32.6 Å². The molecule has 0 radical (unpaired) electrons. The standard InChI is InChI=1S/C13H18BrNO2/c1-2-3-4-5-6-9-12(16)17-11-8-7-10-15-13(11)14/h7-8,10H,2-6,9H2,1H3. The van der Waals surface area contributed by atoms with E-state index in [-0.39, 0.29) is 5.97 Å². The highest BCUT2D eigenvalue weighted by molar-refractivity contribution is 9.10. The number of ether oxygens (including phenoxy) is 1. The molecular weight excluding hydrogens is 282 g/mol. The highest BCUT2D eigenvalue weighted by Gasteiger charge is 2.07. The molecule has 1 rings (SSSR count). The molecule has 94 valence electrons. The molecule has 0 N–H and O–H groups in total. The molecule has 3 nitrogen and oxygen atoms in total. The first-order valence-electron chi connectivity index (χ1n) is 6.05. The Morgan fingerprint density at radius 3 is 2.82 bits per heavy atom. The first kappa shape index (κ1) is 14.2. The largest absolute Gasteiger partial charge is 0.424 e. The summed E-state index contributed by atoms with van der Waals surface area (Å²) < 4.78 is 5.77. The van der Waals surface area contributed by atoms with Crippen LogP contribution in [0.15, 0.2) is 22.9 Å². The quantitative estimate of drug-likeness (QED) is 0.432. The van der Waals surface area contributed by atoms with Crippen molar-refractivity contribution >= 4 is 21.9 Å². The van der Waals surface area contributed by atoms with Gasteiger partial charge in [-0.25, -0.2) is 4.98 Å². The third-order valence-corrected chi connectivity index (χ3v) is 3.03. The lowest BCUT2D eigenvalue weighted by Gasteiger charge is -2.05. The van der Waals surface area contributed by atoms with Crippen molar-refractivity contribution in [3.05, 3.63) is 22.9 Å². The van der Waals surface area contributed by atoms with Gasteiger partial charge in [0.1, 0.15) is 4.60 Å². The maximum Gasteiger partial charge on any atom is 0.311 e. The summed E-state index contributed by atoms with van der Waals surface area (Å²) in [6, 6.07) is 3.47. The van der Waals surface area contributed by atoms with E-state index in [1.165, 1.54) is 19.3 Å². The van der Waals surface area contributed by atoms with Gasteiger partial charge in [0.2, 0.25) is 0 Å². The number of nitrogens with zero attached hydrogens (tertiary/aromatic N) is 1. The van der Waals surface area contributed by atoms with Gasteiger partial charge in [0, 0.05) is 12.6 Å². The zero-order valence-electron chi connectivity index (χ0n) is 10.1. The lowest BCUT2D eigenvalue weighted by molar-refractivity contribution is -0.134. The molecule has 0 aliphatic carbocycles. The molecular formula is C13H18BrNO2. The summed E-state index contributed by atoms with van der Waals surface area (Å²) in [6.45, 7) is 2.17. The van der Waals surface area contributed by atoms with Gasteiger partial charge in [-0.2, -0.15) is 0 Å². The maximum absolute atomic E-state index is 11.5. The Balaban J connectivity index is 2.23. The molecule has 0 saturated heterocycles. The third kappa shape index (κ3) is 5.82. The van der Waals surface area contributed by atoms with E-state index in [1.54, 1.807) is 18.3 Å². The van der Waals surface area contributed by atoms with E-state index < -0.39 is 0 Å². The average molecular weight is 300 g/mol. The van der Waals surface area contributed by atoms with E-state index in [1.807, 2.05) is 0 Å². The Labute approximate surface area is 111 Å². The van der Waals surface area contributed by atoms with Crippen molar-refractivity contribution in [2.45, 2.75) is 45.4 Å². The summed E-state index contributed by atoms with van der Waals surface area (Å²) in [5, 5.41) is 0. The minimum absolute atomic E-state index is 0.185. The van der Waals surface area contributed by atoms with Crippen LogP contribution < -0.4 is 4.74 Å². The second-order valence-corrected chi connectivity index (χ2v) is 4.68. The second kappa shape index (κ2) is 8.23. The highest BCUT2D eigenvalue weighted by atomic mass is 79.9. The molecule has 0 unspecified atom stereocenters. The minimum atomic E-state index is -0.185. The van der Waals surface area contributed by atoms with Crippen LogP contribution in [0.3, 0.4) is 0 Å². The fourth-order valence-corrected chi connectivity index (χ4v) is 1.83. The number of halogens is 1. The molecule has 0 aliphatic rings. The van der Waals surface area contributed by atoms with E-state index in [0.717, 1.165) is 12.8 Å². The lowest BCUT2D eigenvalue weighted by atomic mass is 10.1. The van der Waals surface area contributed by atoms with Crippen LogP contribution in [0.25, 0.3) is 0 Å². The summed E-state index contributed by atoms with van der Waals surface area (Å²) >= 11 is 3.24. The second-order valence-electron chi connectivity index (χ2n) is 3.93. The zero-order valence-corrected chi connectivity index (χ0v) is 11.7. The minimum Gasteiger partial charge on any atom is -0.424 e. The molecule has 0 amide bonds. The van der Waals surface area contributed by atoms with Crippen molar-refractivity contribution in [2.75, 3.05) is 0 Å². The fraction of sp³-hybridized carbons (Fsp3) is 0.538. The van der Waals surface area contributed by atoms with Gasteiger partial charge >= 0.3 is 5.97 Å². The van der Waals surface area contributed by atoms with Gasteiger partial charge in [0.05, 0.1) is 0 Å². The molecule has 1 aromatic rings. The van der Waals surface area contributed by atoms with Gasteiger partial charge in [-0.05, 0) is 34.5 Å². The molecule has 0 bridgehead atoms. The van der Waals surface area contributed by atoms with Crippen LogP contribution >= 0.6 is 15.9 Å². The molecule has 0 spiro atoms. The Morgan fingerprint density at radius 2 is 2.12 bits per heavy atom. The topological polar surface area (TPSA) is 39.2 Å². The number of aromatic nitrogens is 1. The first-order valence-corrected chi connectivity index (χ1v) is 6.84. The van der Waals surface area contributed by atoms with Crippen molar-refractivity contribution in [3.63, 3.8) is 0 Å². The van der Waals surface area contributed by atoms with E-state index in [9.17, 15) is 4.79 Å². The molecule has 4 heteroatoms. The van der Waals surface area contributed by atoms with E-state index >= 15 is 0 Å². The number of pyridine rings is 1. The Kier molecular flexibility index (Phi) is 6.86. The molecule has 0 aliphatic heterocycles. The van der Waals surface area contributed by atoms with Gasteiger partial charge in [-0.15, -0.1) is 0 Å². The zero-order chi connectivity index (χ0) is 12.5. The first-order chi connectivity index (χ1) is 8.24. The summed E-state index contributed by atoms with van der Waals surface area (Å²) in [5.41, 5.74) is 0. The Bertz CT molecular complexity index is 355. The number of carbonyl (C=O) groups is 1. The van der Waals surface area contributed by atoms with Crippen LogP contribution in [-0.2, 0) is 4.79 Å². The Morgan fingerprint density at radius 1 is 1.35 bits per heavy atom. The smallest absolute Gasteiger partial charge is 0.311 e. The van der Waals surface area contributed by atoms with Crippen LogP contribution in [0, 0.1) is 0 Å². The summed E-state index contributed by atoms with van der Waals surface area (Å²) in [6.07, 6.45) is 7.77. The summed E-state index contributed by atoms with van der Waals surface area (Å²) in [7, 11) is 0. The molecule has 0 fully saturated rings. The highest BCUT2D eigenvalue weighted by Crippen LogP contribution is 2.21. The SMILES string of the molecule is CCCCCCCC(=O)Oc1cccnc1Br. The van der Waals surface area contributed by atoms with E-state index in [2.05, 4.69) is 27.8 Å². The summed E-state index contributed by atoms with van der Waals surface area (Å²) in [5.74, 6) is 0.307. The van der Waals surface area contributed by atoms with Crippen molar-refractivity contribution in [3.8, 4) is 5.75 Å². The van der Waals surface area contributed by atoms with Crippen molar-refractivity contribution in [1.82, 2.24) is 4.98 Å². The number of rotatable bonds is 7. The predicted octanol–water partition coefficient (Wildman–Crippen LogP) is 4.11. The molecule has 0 atom stereocenters. The van der Waals surface area contributed by atoms with E-state index in [4.69, 9.17) is 4.74 Å². The maximum atomic E-state index is 11.5. The molecule has 1 aromatic heterocycles. The number of hydrogen-bond donors (Lipinski definition) is 0. The lowest BCUT2D eigenvalue weighted by Crippen LogP contribution is -2.08. The van der Waals surface area contributed by atoms with Crippen LogP contribution in [0.1, 0.15) is 45.4 Å². The van der Waals surface area contributed by atoms with Crippen molar-refractivity contribution in [2.24, 2.45) is 0 Å². The molecule has 0 saturated carbocycles. The number of carbonyl (C=O) groups excluding carboxylic acids is 1. The Hall–Kier alpha value is -0.900. The predicted molar refractivity (Wildman–Crippen MR) is 70.9 cm³/mol. The monoisotopic (exact) mass is 299 g/mol. The molecule has 17 heavy (non-hydrogen) atoms.